The van der Waals surface area contributed by atoms with E-state index in [-0.39, 0.29) is 5.91 Å². The van der Waals surface area contributed by atoms with Crippen LogP contribution in [-0.4, -0.2) is 31.6 Å². The van der Waals surface area contributed by atoms with E-state index in [4.69, 9.17) is 0 Å². The van der Waals surface area contributed by atoms with Gasteiger partial charge in [0, 0.05) is 11.4 Å². The molecular formula is C30H28N6OS. The van der Waals surface area contributed by atoms with Crippen molar-refractivity contribution in [1.82, 2.24) is 20.2 Å². The van der Waals surface area contributed by atoms with Crippen LogP contribution in [0, 0.1) is 0 Å². The third kappa shape index (κ3) is 5.92. The van der Waals surface area contributed by atoms with Crippen LogP contribution in [0.15, 0.2) is 113 Å². The van der Waals surface area contributed by atoms with Crippen LogP contribution in [0.5, 0.6) is 0 Å². The highest BCUT2D eigenvalue weighted by Crippen LogP contribution is 2.26. The van der Waals surface area contributed by atoms with Gasteiger partial charge in [0.1, 0.15) is 0 Å². The first kappa shape index (κ1) is 25.2. The number of hydrazone groups is 1. The lowest BCUT2D eigenvalue weighted by Gasteiger charge is -2.13. The van der Waals surface area contributed by atoms with Gasteiger partial charge in [-0.2, -0.15) is 5.10 Å². The molecule has 38 heavy (non-hydrogen) atoms. The van der Waals surface area contributed by atoms with Gasteiger partial charge in [0.2, 0.25) is 0 Å². The molecule has 0 radical (unpaired) electrons. The Kier molecular flexibility index (Phi) is 7.80. The molecule has 8 heteroatoms. The maximum Gasteiger partial charge on any atom is 0.253 e. The van der Waals surface area contributed by atoms with Crippen molar-refractivity contribution in [3.05, 3.63) is 115 Å². The predicted octanol–water partition coefficient (Wildman–Crippen LogP) is 6.05. The Bertz CT molecular complexity index is 1570. The van der Waals surface area contributed by atoms with E-state index in [1.165, 1.54) is 17.1 Å². The molecule has 4 aromatic carbocycles. The number of nitrogens with one attached hydrogen (secondary N) is 2. The van der Waals surface area contributed by atoms with Crippen LogP contribution in [0.2, 0.25) is 0 Å². The molecule has 0 bridgehead atoms. The van der Waals surface area contributed by atoms with Gasteiger partial charge in [-0.1, -0.05) is 84.6 Å². The van der Waals surface area contributed by atoms with Crippen molar-refractivity contribution in [2.24, 2.45) is 5.10 Å². The molecule has 1 amide bonds. The summed E-state index contributed by atoms with van der Waals surface area (Å²) in [5, 5.41) is 19.1. The molecule has 0 saturated heterocycles. The van der Waals surface area contributed by atoms with Gasteiger partial charge < -0.3 is 5.32 Å². The largest absolute Gasteiger partial charge is 0.378 e. The van der Waals surface area contributed by atoms with Crippen LogP contribution in [0.25, 0.3) is 16.5 Å². The van der Waals surface area contributed by atoms with Crippen LogP contribution in [0.3, 0.4) is 0 Å². The summed E-state index contributed by atoms with van der Waals surface area (Å²) in [6, 6.07) is 34.2. The summed E-state index contributed by atoms with van der Waals surface area (Å²) < 4.78 is 1.98. The van der Waals surface area contributed by atoms with Crippen molar-refractivity contribution >= 4 is 39.8 Å². The monoisotopic (exact) mass is 520 g/mol. The van der Waals surface area contributed by atoms with Gasteiger partial charge >= 0.3 is 0 Å². The van der Waals surface area contributed by atoms with Crippen LogP contribution in [0.4, 0.5) is 5.69 Å². The van der Waals surface area contributed by atoms with E-state index in [2.05, 4.69) is 50.3 Å². The molecule has 0 fully saturated rings. The molecule has 190 valence electrons. The summed E-state index contributed by atoms with van der Waals surface area (Å²) in [5.74, 6) is 0.544. The van der Waals surface area contributed by atoms with Crippen LogP contribution >= 0.6 is 11.8 Å². The first-order chi connectivity index (χ1) is 18.6. The number of benzene rings is 4. The average molecular weight is 521 g/mol. The molecular weight excluding hydrogens is 492 g/mol. The number of aromatic nitrogens is 3. The molecule has 0 spiro atoms. The quantitative estimate of drug-likeness (QED) is 0.140. The van der Waals surface area contributed by atoms with E-state index in [1.54, 1.807) is 0 Å². The average Bonchev–Trinajstić information content (AvgIpc) is 3.37. The molecule has 0 aliphatic carbocycles. The molecule has 0 unspecified atom stereocenters. The third-order valence-corrected chi connectivity index (χ3v) is 7.13. The van der Waals surface area contributed by atoms with Crippen molar-refractivity contribution in [3.8, 4) is 5.69 Å². The number of thioether (sulfide) groups is 1. The summed E-state index contributed by atoms with van der Waals surface area (Å²) in [7, 11) is 0. The highest BCUT2D eigenvalue weighted by atomic mass is 32.2. The molecule has 7 nitrogen and oxygen atoms in total. The van der Waals surface area contributed by atoms with Crippen LogP contribution in [-0.2, 0) is 11.3 Å². The van der Waals surface area contributed by atoms with Gasteiger partial charge in [-0.05, 0) is 60.5 Å². The summed E-state index contributed by atoms with van der Waals surface area (Å²) in [5.41, 5.74) is 6.35. The van der Waals surface area contributed by atoms with E-state index >= 15 is 0 Å². The lowest BCUT2D eigenvalue weighted by atomic mass is 10.0. The minimum atomic E-state index is -0.440. The first-order valence-corrected chi connectivity index (χ1v) is 13.2. The zero-order chi connectivity index (χ0) is 26.3. The van der Waals surface area contributed by atoms with Crippen molar-refractivity contribution < 1.29 is 4.79 Å². The smallest absolute Gasteiger partial charge is 0.253 e. The number of carbonyl (C=O) groups is 1. The maximum absolute atomic E-state index is 13.0. The van der Waals surface area contributed by atoms with E-state index in [0.29, 0.717) is 11.7 Å². The Morgan fingerprint density at radius 3 is 2.34 bits per heavy atom. The highest BCUT2D eigenvalue weighted by Gasteiger charge is 2.21. The maximum atomic E-state index is 13.0. The van der Waals surface area contributed by atoms with E-state index in [0.717, 1.165) is 33.9 Å². The summed E-state index contributed by atoms with van der Waals surface area (Å²) in [6.07, 6.45) is 0. The van der Waals surface area contributed by atoms with Gasteiger partial charge in [0.15, 0.2) is 11.0 Å². The predicted molar refractivity (Wildman–Crippen MR) is 155 cm³/mol. The third-order valence-electron chi connectivity index (χ3n) is 6.09. The first-order valence-electron chi connectivity index (χ1n) is 12.4. The molecule has 0 saturated carbocycles. The number of carbonyl (C=O) groups excluding carboxylic acids is 1. The zero-order valence-corrected chi connectivity index (χ0v) is 22.0. The highest BCUT2D eigenvalue weighted by molar-refractivity contribution is 8.00. The Morgan fingerprint density at radius 2 is 1.58 bits per heavy atom. The Morgan fingerprint density at radius 1 is 0.895 bits per heavy atom. The second-order valence-corrected chi connectivity index (χ2v) is 10.1. The fraction of sp³-hybridized carbons (Fsp3) is 0.133. The summed E-state index contributed by atoms with van der Waals surface area (Å²) >= 11 is 1.35. The molecule has 5 rings (SSSR count). The second-order valence-electron chi connectivity index (χ2n) is 8.78. The molecule has 2 N–H and O–H groups in total. The van der Waals surface area contributed by atoms with Crippen molar-refractivity contribution in [2.45, 2.75) is 30.8 Å². The fourth-order valence-corrected chi connectivity index (χ4v) is 4.87. The normalized spacial score (nSPS) is 12.3. The standard InChI is InChI=1S/C30H28N6OS/c1-21(24-18-17-23-11-9-10-12-25(23)19-24)32-34-29(37)22(2)38-30-35-33-28(20-31-26-13-5-3-6-14-26)36(30)27-15-7-4-8-16-27/h3-19,22,31H,20H2,1-2H3,(H,34,37)/b32-21+/t22-/m0/s1. The zero-order valence-electron chi connectivity index (χ0n) is 21.2. The second kappa shape index (κ2) is 11.7. The van der Waals surface area contributed by atoms with E-state index in [1.807, 2.05) is 97.3 Å². The number of amides is 1. The molecule has 1 heterocycles. The number of fused-ring (bicyclic) bond motifs is 1. The van der Waals surface area contributed by atoms with Gasteiger partial charge in [-0.25, -0.2) is 5.43 Å². The SMILES string of the molecule is C/C(=N\NC(=O)[C@H](C)Sc1nnc(CNc2ccccc2)n1-c1ccccc1)c1ccc2ccccc2c1. The molecule has 1 atom stereocenters. The van der Waals surface area contributed by atoms with E-state index < -0.39 is 5.25 Å². The summed E-state index contributed by atoms with van der Waals surface area (Å²) in [6.45, 7) is 4.22. The Labute approximate surface area is 226 Å². The Balaban J connectivity index is 1.30. The molecule has 0 aliphatic rings. The molecule has 1 aromatic heterocycles. The Hall–Kier alpha value is -4.43. The number of rotatable bonds is 9. The minimum Gasteiger partial charge on any atom is -0.378 e. The van der Waals surface area contributed by atoms with Gasteiger partial charge in [0.05, 0.1) is 17.5 Å². The lowest BCUT2D eigenvalue weighted by molar-refractivity contribution is -0.120. The van der Waals surface area contributed by atoms with Crippen molar-refractivity contribution in [1.29, 1.82) is 0 Å². The number of para-hydroxylation sites is 2. The topological polar surface area (TPSA) is 84.2 Å². The fourth-order valence-electron chi connectivity index (χ4n) is 3.99. The number of hydrogen-bond acceptors (Lipinski definition) is 6. The van der Waals surface area contributed by atoms with Gasteiger partial charge in [0.25, 0.3) is 5.91 Å². The number of hydrogen-bond donors (Lipinski definition) is 2. The van der Waals surface area contributed by atoms with E-state index in [9.17, 15) is 4.79 Å². The molecule has 5 aromatic rings. The minimum absolute atomic E-state index is 0.207. The number of anilines is 1. The van der Waals surface area contributed by atoms with Crippen LogP contribution < -0.4 is 10.7 Å². The van der Waals surface area contributed by atoms with Crippen LogP contribution in [0.1, 0.15) is 25.2 Å². The van der Waals surface area contributed by atoms with Gasteiger partial charge in [-0.3, -0.25) is 9.36 Å². The van der Waals surface area contributed by atoms with Gasteiger partial charge in [-0.15, -0.1) is 10.2 Å². The van der Waals surface area contributed by atoms with Crippen molar-refractivity contribution in [2.75, 3.05) is 5.32 Å². The number of nitrogens with zero attached hydrogens (tertiary/aromatic N) is 4. The molecule has 0 aliphatic heterocycles. The van der Waals surface area contributed by atoms with Crippen molar-refractivity contribution in [3.63, 3.8) is 0 Å². The lowest BCUT2D eigenvalue weighted by Crippen LogP contribution is -2.28. The summed E-state index contributed by atoms with van der Waals surface area (Å²) in [4.78, 5) is 13.0.